The number of allylic oxidation sites excluding steroid dienone is 4. The Morgan fingerprint density at radius 3 is 2.22 bits per heavy atom. The summed E-state index contributed by atoms with van der Waals surface area (Å²) in [7, 11) is -11.0. The Kier molecular flexibility index (Phi) is 8.32. The van der Waals surface area contributed by atoms with Crippen LogP contribution >= 0.6 is 15.2 Å². The van der Waals surface area contributed by atoms with E-state index in [9.17, 15) is 33.8 Å². The van der Waals surface area contributed by atoms with Gasteiger partial charge < -0.3 is 24.7 Å². The first-order valence-electron chi connectivity index (χ1n) is 8.37. The van der Waals surface area contributed by atoms with Crippen LogP contribution in [0.5, 0.6) is 0 Å². The Hall–Kier alpha value is -1.11. The van der Waals surface area contributed by atoms with Gasteiger partial charge in [0.1, 0.15) is 0 Å². The van der Waals surface area contributed by atoms with Gasteiger partial charge in [-0.1, -0.05) is 23.3 Å². The molecule has 1 rings (SSSR count). The molecule has 0 aliphatic heterocycles. The van der Waals surface area contributed by atoms with Crippen molar-refractivity contribution in [3.63, 3.8) is 0 Å². The molecule has 10 heteroatoms. The van der Waals surface area contributed by atoms with Crippen molar-refractivity contribution in [2.75, 3.05) is 0 Å². The fourth-order valence-corrected chi connectivity index (χ4v) is 4.43. The molecule has 0 amide bonds. The fraction of sp³-hybridized carbons (Fsp3) is 0.471. The topological polar surface area (TPSA) is 139 Å². The molecule has 0 aliphatic carbocycles. The van der Waals surface area contributed by atoms with Crippen molar-refractivity contribution >= 4 is 15.2 Å². The number of hydrogen-bond donors (Lipinski definition) is 5. The van der Waals surface area contributed by atoms with E-state index in [2.05, 4.69) is 6.08 Å². The van der Waals surface area contributed by atoms with Crippen molar-refractivity contribution in [1.29, 1.82) is 0 Å². The zero-order valence-electron chi connectivity index (χ0n) is 15.7. The quantitative estimate of drug-likeness (QED) is 0.234. The van der Waals surface area contributed by atoms with Gasteiger partial charge in [-0.15, -0.1) is 0 Å². The highest BCUT2D eigenvalue weighted by Gasteiger charge is 2.62. The molecule has 0 spiro atoms. The van der Waals surface area contributed by atoms with E-state index in [0.717, 1.165) is 18.4 Å². The second-order valence-electron chi connectivity index (χ2n) is 6.82. The van der Waals surface area contributed by atoms with E-state index >= 15 is 0 Å². The standard InChI is InChI=1S/C17H27NO7P2/c1-14(2)6-4-7-15(3)9-10-16-8-5-11-18(12-16)13-17(19,26(20,21)22)27(23,24)25/h5-6,8-9,11-12,19H,4,7,10,13H2,1-3H3,(H3-,20,21,22,23,24,25)/p+1. The van der Waals surface area contributed by atoms with Crippen LogP contribution in [-0.4, -0.2) is 29.8 Å². The number of aliphatic hydroxyl groups is 1. The molecule has 8 nitrogen and oxygen atoms in total. The minimum absolute atomic E-state index is 0.547. The van der Waals surface area contributed by atoms with E-state index in [1.807, 2.05) is 26.8 Å². The van der Waals surface area contributed by atoms with Gasteiger partial charge in [0, 0.05) is 11.6 Å². The summed E-state index contributed by atoms with van der Waals surface area (Å²) in [5.41, 5.74) is 3.22. The van der Waals surface area contributed by atoms with E-state index in [0.29, 0.717) is 6.42 Å². The molecule has 0 radical (unpaired) electrons. The van der Waals surface area contributed by atoms with Crippen molar-refractivity contribution in [3.8, 4) is 0 Å². The molecule has 5 N–H and O–H groups in total. The Labute approximate surface area is 159 Å². The van der Waals surface area contributed by atoms with Crippen molar-refractivity contribution in [2.45, 2.75) is 51.7 Å². The summed E-state index contributed by atoms with van der Waals surface area (Å²) in [4.78, 5) is 37.0. The summed E-state index contributed by atoms with van der Waals surface area (Å²) in [6.45, 7) is 5.16. The summed E-state index contributed by atoms with van der Waals surface area (Å²) in [5.74, 6) is 0. The van der Waals surface area contributed by atoms with Crippen LogP contribution < -0.4 is 4.57 Å². The van der Waals surface area contributed by atoms with Gasteiger partial charge in [-0.2, -0.15) is 0 Å². The van der Waals surface area contributed by atoms with Gasteiger partial charge >= 0.3 is 20.3 Å². The second-order valence-corrected chi connectivity index (χ2v) is 10.8. The molecule has 0 unspecified atom stereocenters. The van der Waals surface area contributed by atoms with E-state index in [1.54, 1.807) is 12.1 Å². The normalized spacial score (nSPS) is 13.6. The number of pyridine rings is 1. The number of nitrogens with zero attached hydrogens (tertiary/aromatic N) is 1. The van der Waals surface area contributed by atoms with Crippen molar-refractivity contribution < 1.29 is 38.4 Å². The minimum Gasteiger partial charge on any atom is -0.363 e. The van der Waals surface area contributed by atoms with Crippen LogP contribution in [0, 0.1) is 0 Å². The molecule has 1 heterocycles. The Bertz CT molecular complexity index is 781. The van der Waals surface area contributed by atoms with Crippen LogP contribution in [0.2, 0.25) is 0 Å². The maximum Gasteiger partial charge on any atom is 0.376 e. The molecular formula is C17H28NO7P2+. The molecule has 1 aromatic heterocycles. The van der Waals surface area contributed by atoms with Crippen LogP contribution in [0.1, 0.15) is 39.2 Å². The van der Waals surface area contributed by atoms with Crippen LogP contribution in [-0.2, 0) is 22.1 Å². The Balaban J connectivity index is 2.95. The third-order valence-electron chi connectivity index (χ3n) is 4.02. The lowest BCUT2D eigenvalue weighted by Crippen LogP contribution is -2.47. The van der Waals surface area contributed by atoms with Crippen molar-refractivity contribution in [3.05, 3.63) is 53.4 Å². The summed E-state index contributed by atoms with van der Waals surface area (Å²) in [6.07, 6.45) is 9.45. The molecular weight excluding hydrogens is 392 g/mol. The molecule has 0 bridgehead atoms. The molecule has 27 heavy (non-hydrogen) atoms. The van der Waals surface area contributed by atoms with Gasteiger partial charge in [0.2, 0.25) is 6.54 Å². The number of aromatic nitrogens is 1. The second kappa shape index (κ2) is 9.39. The van der Waals surface area contributed by atoms with E-state index < -0.39 is 26.8 Å². The first-order valence-corrected chi connectivity index (χ1v) is 11.6. The molecule has 152 valence electrons. The zero-order chi connectivity index (χ0) is 20.9. The Morgan fingerprint density at radius 1 is 1.11 bits per heavy atom. The first kappa shape index (κ1) is 23.9. The fourth-order valence-electron chi connectivity index (χ4n) is 2.38. The third kappa shape index (κ3) is 7.09. The summed E-state index contributed by atoms with van der Waals surface area (Å²) >= 11 is 0. The molecule has 1 aromatic rings. The van der Waals surface area contributed by atoms with E-state index in [4.69, 9.17) is 0 Å². The largest absolute Gasteiger partial charge is 0.376 e. The predicted octanol–water partition coefficient (Wildman–Crippen LogP) is 2.21. The lowest BCUT2D eigenvalue weighted by molar-refractivity contribution is -0.703. The van der Waals surface area contributed by atoms with Crippen molar-refractivity contribution in [1.82, 2.24) is 0 Å². The average molecular weight is 420 g/mol. The lowest BCUT2D eigenvalue weighted by atomic mass is 10.1. The van der Waals surface area contributed by atoms with E-state index in [1.165, 1.54) is 28.1 Å². The van der Waals surface area contributed by atoms with Gasteiger partial charge in [-0.3, -0.25) is 9.13 Å². The maximum absolute atomic E-state index is 11.5. The molecule has 0 aliphatic rings. The van der Waals surface area contributed by atoms with Gasteiger partial charge in [-0.25, -0.2) is 4.57 Å². The zero-order valence-corrected chi connectivity index (χ0v) is 17.5. The summed E-state index contributed by atoms with van der Waals surface area (Å²) < 4.78 is 24.1. The van der Waals surface area contributed by atoms with E-state index in [-0.39, 0.29) is 0 Å². The maximum atomic E-state index is 11.5. The van der Waals surface area contributed by atoms with Crippen LogP contribution in [0.15, 0.2) is 47.8 Å². The van der Waals surface area contributed by atoms with Gasteiger partial charge in [0.15, 0.2) is 12.4 Å². The highest BCUT2D eigenvalue weighted by atomic mass is 31.2. The highest BCUT2D eigenvalue weighted by molar-refractivity contribution is 7.72. The van der Waals surface area contributed by atoms with Crippen LogP contribution in [0.4, 0.5) is 0 Å². The smallest absolute Gasteiger partial charge is 0.363 e. The lowest BCUT2D eigenvalue weighted by Gasteiger charge is -2.26. The summed E-state index contributed by atoms with van der Waals surface area (Å²) in [6, 6.07) is 3.37. The monoisotopic (exact) mass is 420 g/mol. The Morgan fingerprint density at radius 2 is 1.70 bits per heavy atom. The third-order valence-corrected chi connectivity index (χ3v) is 7.74. The van der Waals surface area contributed by atoms with Crippen LogP contribution in [0.25, 0.3) is 0 Å². The van der Waals surface area contributed by atoms with Gasteiger partial charge in [0.05, 0.1) is 0 Å². The minimum atomic E-state index is -5.49. The number of hydrogen-bond acceptors (Lipinski definition) is 3. The average Bonchev–Trinajstić information content (AvgIpc) is 2.50. The summed E-state index contributed by atoms with van der Waals surface area (Å²) in [5, 5.41) is 6.55. The van der Waals surface area contributed by atoms with Gasteiger partial charge in [0.25, 0.3) is 0 Å². The first-order chi connectivity index (χ1) is 12.3. The molecule has 0 saturated heterocycles. The number of rotatable bonds is 9. The van der Waals surface area contributed by atoms with Gasteiger partial charge in [-0.05, 0) is 46.1 Å². The molecule has 0 atom stereocenters. The highest BCUT2D eigenvalue weighted by Crippen LogP contribution is 2.67. The predicted molar refractivity (Wildman–Crippen MR) is 102 cm³/mol. The molecule has 0 saturated carbocycles. The van der Waals surface area contributed by atoms with Crippen molar-refractivity contribution in [2.24, 2.45) is 0 Å². The molecule has 0 fully saturated rings. The SMILES string of the molecule is CC(C)=CCCC(C)=CCc1ccc[n+](CC(O)(P(=O)(O)O)P(=O)(O)O)c1. The van der Waals surface area contributed by atoms with Crippen LogP contribution in [0.3, 0.4) is 0 Å². The molecule has 0 aromatic carbocycles.